The number of nitrogens with one attached hydrogen (secondary N) is 1. The molecule has 106 valence electrons. The Morgan fingerprint density at radius 1 is 1.19 bits per heavy atom. The molecule has 0 aliphatic carbocycles. The molecule has 7 nitrogen and oxygen atoms in total. The first-order chi connectivity index (χ1) is 10.1. The minimum Gasteiger partial charge on any atom is -0.476 e. The van der Waals surface area contributed by atoms with Gasteiger partial charge in [-0.15, -0.1) is 0 Å². The van der Waals surface area contributed by atoms with Crippen LogP contribution in [-0.4, -0.2) is 28.8 Å². The summed E-state index contributed by atoms with van der Waals surface area (Å²) >= 11 is 0. The summed E-state index contributed by atoms with van der Waals surface area (Å²) in [5, 5.41) is 11.5. The van der Waals surface area contributed by atoms with E-state index in [0.717, 1.165) is 0 Å². The molecule has 0 spiro atoms. The van der Waals surface area contributed by atoms with E-state index in [1.807, 2.05) is 0 Å². The van der Waals surface area contributed by atoms with Gasteiger partial charge in [0.25, 0.3) is 5.91 Å². The van der Waals surface area contributed by atoms with Crippen molar-refractivity contribution in [3.05, 3.63) is 47.8 Å². The first-order valence-electron chi connectivity index (χ1n) is 6.04. The maximum atomic E-state index is 12.2. The van der Waals surface area contributed by atoms with Gasteiger partial charge in [-0.1, -0.05) is 0 Å². The van der Waals surface area contributed by atoms with Gasteiger partial charge < -0.3 is 19.9 Å². The first-order valence-corrected chi connectivity index (χ1v) is 6.04. The quantitative estimate of drug-likeness (QED) is 0.892. The second-order valence-electron chi connectivity index (χ2n) is 4.23. The molecule has 1 amide bonds. The molecule has 0 unspecified atom stereocenters. The molecule has 7 heteroatoms. The molecule has 2 heterocycles. The van der Waals surface area contributed by atoms with Gasteiger partial charge in [0, 0.05) is 11.8 Å². The minimum atomic E-state index is -1.21. The number of aromatic nitrogens is 1. The Kier molecular flexibility index (Phi) is 3.15. The molecule has 1 aromatic carbocycles. The van der Waals surface area contributed by atoms with E-state index >= 15 is 0 Å². The van der Waals surface area contributed by atoms with Crippen LogP contribution < -0.4 is 14.8 Å². The van der Waals surface area contributed by atoms with Crippen LogP contribution in [0.1, 0.15) is 20.8 Å². The summed E-state index contributed by atoms with van der Waals surface area (Å²) in [5.41, 5.74) is 0.249. The monoisotopic (exact) mass is 286 g/mol. The highest BCUT2D eigenvalue weighted by Gasteiger charge is 2.18. The lowest BCUT2D eigenvalue weighted by Gasteiger charge is -2.08. The molecule has 2 N–H and O–H groups in total. The fourth-order valence-corrected chi connectivity index (χ4v) is 1.91. The van der Waals surface area contributed by atoms with Crippen molar-refractivity contribution in [3.8, 4) is 11.5 Å². The summed E-state index contributed by atoms with van der Waals surface area (Å²) in [6.45, 7) is 0.117. The number of carbonyl (C=O) groups is 2. The van der Waals surface area contributed by atoms with Gasteiger partial charge in [0.1, 0.15) is 0 Å². The number of ether oxygens (including phenoxy) is 2. The molecule has 1 aliphatic heterocycles. The summed E-state index contributed by atoms with van der Waals surface area (Å²) < 4.78 is 10.4. The summed E-state index contributed by atoms with van der Waals surface area (Å²) in [7, 11) is 0. The van der Waals surface area contributed by atoms with Crippen molar-refractivity contribution in [3.63, 3.8) is 0 Å². The van der Waals surface area contributed by atoms with Crippen molar-refractivity contribution in [2.45, 2.75) is 0 Å². The largest absolute Gasteiger partial charge is 0.476 e. The van der Waals surface area contributed by atoms with Crippen LogP contribution in [0.3, 0.4) is 0 Å². The molecule has 0 atom stereocenters. The summed E-state index contributed by atoms with van der Waals surface area (Å²) in [6, 6.07) is 7.75. The first kappa shape index (κ1) is 12.9. The van der Waals surface area contributed by atoms with E-state index in [4.69, 9.17) is 14.6 Å². The summed E-state index contributed by atoms with van der Waals surface area (Å²) in [6.07, 6.45) is 1.35. The van der Waals surface area contributed by atoms with E-state index in [1.165, 1.54) is 18.3 Å². The van der Waals surface area contributed by atoms with E-state index in [9.17, 15) is 9.59 Å². The lowest BCUT2D eigenvalue weighted by Crippen LogP contribution is -2.15. The second-order valence-corrected chi connectivity index (χ2v) is 4.23. The Labute approximate surface area is 119 Å². The number of rotatable bonds is 3. The fourth-order valence-electron chi connectivity index (χ4n) is 1.91. The zero-order valence-corrected chi connectivity index (χ0v) is 10.7. The average molecular weight is 286 g/mol. The third kappa shape index (κ3) is 2.48. The number of carboxylic acid groups (broad SMARTS) is 1. The molecular formula is C14H10N2O5. The number of pyridine rings is 1. The van der Waals surface area contributed by atoms with E-state index in [2.05, 4.69) is 10.3 Å². The van der Waals surface area contributed by atoms with Crippen LogP contribution in [0.5, 0.6) is 11.5 Å². The molecule has 0 fully saturated rings. The SMILES string of the molecule is O=C(Nc1cccnc1C(=O)O)c1ccc2c(c1)OCO2. The van der Waals surface area contributed by atoms with Gasteiger partial charge in [0.05, 0.1) is 5.69 Å². The van der Waals surface area contributed by atoms with E-state index in [1.54, 1.807) is 18.2 Å². The number of fused-ring (bicyclic) bond motifs is 1. The van der Waals surface area contributed by atoms with E-state index in [0.29, 0.717) is 17.1 Å². The summed E-state index contributed by atoms with van der Waals surface area (Å²) in [4.78, 5) is 26.9. The van der Waals surface area contributed by atoms with Crippen molar-refractivity contribution >= 4 is 17.6 Å². The Morgan fingerprint density at radius 2 is 2.00 bits per heavy atom. The van der Waals surface area contributed by atoms with Crippen LogP contribution in [0.15, 0.2) is 36.5 Å². The number of hydrogen-bond donors (Lipinski definition) is 2. The summed E-state index contributed by atoms with van der Waals surface area (Å²) in [5.74, 6) is -0.619. The van der Waals surface area contributed by atoms with Crippen molar-refractivity contribution in [2.24, 2.45) is 0 Å². The highest BCUT2D eigenvalue weighted by atomic mass is 16.7. The van der Waals surface area contributed by atoms with Gasteiger partial charge in [0.2, 0.25) is 6.79 Å². The standard InChI is InChI=1S/C14H10N2O5/c17-13(8-3-4-10-11(6-8)21-7-20-10)16-9-2-1-5-15-12(9)14(18)19/h1-6H,7H2,(H,16,17)(H,18,19). The predicted octanol–water partition coefficient (Wildman–Crippen LogP) is 1.76. The zero-order chi connectivity index (χ0) is 14.8. The van der Waals surface area contributed by atoms with Crippen molar-refractivity contribution in [1.29, 1.82) is 0 Å². The third-order valence-electron chi connectivity index (χ3n) is 2.89. The van der Waals surface area contributed by atoms with E-state index < -0.39 is 11.9 Å². The maximum absolute atomic E-state index is 12.2. The van der Waals surface area contributed by atoms with E-state index in [-0.39, 0.29) is 18.2 Å². The Balaban J connectivity index is 1.85. The highest BCUT2D eigenvalue weighted by Crippen LogP contribution is 2.32. The molecule has 1 aliphatic rings. The normalized spacial score (nSPS) is 12.0. The van der Waals surface area contributed by atoms with Gasteiger partial charge in [-0.05, 0) is 30.3 Å². The number of hydrogen-bond acceptors (Lipinski definition) is 5. The number of aromatic carboxylic acids is 1. The Hall–Kier alpha value is -3.09. The topological polar surface area (TPSA) is 97.8 Å². The fraction of sp³-hybridized carbons (Fsp3) is 0.0714. The van der Waals surface area contributed by atoms with Crippen molar-refractivity contribution < 1.29 is 24.2 Å². The molecule has 0 radical (unpaired) electrons. The molecular weight excluding hydrogens is 276 g/mol. The number of carboxylic acids is 1. The molecule has 3 rings (SSSR count). The van der Waals surface area contributed by atoms with Crippen LogP contribution >= 0.6 is 0 Å². The zero-order valence-electron chi connectivity index (χ0n) is 10.7. The molecule has 0 bridgehead atoms. The second kappa shape index (κ2) is 5.12. The number of amides is 1. The van der Waals surface area contributed by atoms with Crippen LogP contribution in [0.4, 0.5) is 5.69 Å². The molecule has 1 aromatic heterocycles. The smallest absolute Gasteiger partial charge is 0.356 e. The highest BCUT2D eigenvalue weighted by molar-refractivity contribution is 6.07. The Morgan fingerprint density at radius 3 is 2.81 bits per heavy atom. The lowest BCUT2D eigenvalue weighted by atomic mass is 10.2. The molecule has 2 aromatic rings. The molecule has 21 heavy (non-hydrogen) atoms. The number of benzene rings is 1. The Bertz CT molecular complexity index is 729. The predicted molar refractivity (Wildman–Crippen MR) is 71.7 cm³/mol. The van der Waals surface area contributed by atoms with Gasteiger partial charge >= 0.3 is 5.97 Å². The van der Waals surface area contributed by atoms with Gasteiger partial charge in [0.15, 0.2) is 17.2 Å². The third-order valence-corrected chi connectivity index (χ3v) is 2.89. The van der Waals surface area contributed by atoms with Crippen LogP contribution in [-0.2, 0) is 0 Å². The number of nitrogens with zero attached hydrogens (tertiary/aromatic N) is 1. The minimum absolute atomic E-state index is 0.117. The van der Waals surface area contributed by atoms with Crippen molar-refractivity contribution in [1.82, 2.24) is 4.98 Å². The van der Waals surface area contributed by atoms with Gasteiger partial charge in [-0.25, -0.2) is 9.78 Å². The van der Waals surface area contributed by atoms with Crippen molar-refractivity contribution in [2.75, 3.05) is 12.1 Å². The number of anilines is 1. The van der Waals surface area contributed by atoms with Crippen LogP contribution in [0.2, 0.25) is 0 Å². The molecule has 0 saturated heterocycles. The van der Waals surface area contributed by atoms with Gasteiger partial charge in [-0.3, -0.25) is 4.79 Å². The lowest BCUT2D eigenvalue weighted by molar-refractivity contribution is 0.0691. The van der Waals surface area contributed by atoms with Crippen LogP contribution in [0.25, 0.3) is 0 Å². The van der Waals surface area contributed by atoms with Gasteiger partial charge in [-0.2, -0.15) is 0 Å². The maximum Gasteiger partial charge on any atom is 0.356 e. The molecule has 0 saturated carbocycles. The number of carbonyl (C=O) groups excluding carboxylic acids is 1. The average Bonchev–Trinajstić information content (AvgIpc) is 2.94. The van der Waals surface area contributed by atoms with Crippen LogP contribution in [0, 0.1) is 0 Å².